The van der Waals surface area contributed by atoms with Crippen molar-refractivity contribution in [2.45, 2.75) is 58.4 Å². The summed E-state index contributed by atoms with van der Waals surface area (Å²) in [4.78, 5) is 57.7. The van der Waals surface area contributed by atoms with Crippen LogP contribution in [0.25, 0.3) is 0 Å². The minimum atomic E-state index is -1.60. The van der Waals surface area contributed by atoms with Crippen molar-refractivity contribution < 1.29 is 52.4 Å². The lowest BCUT2D eigenvalue weighted by Crippen LogP contribution is -2.64. The molecule has 11 heteroatoms. The van der Waals surface area contributed by atoms with Gasteiger partial charge in [0.05, 0.1) is 7.11 Å². The molecule has 1 aliphatic heterocycles. The summed E-state index contributed by atoms with van der Waals surface area (Å²) < 4.78 is 30.0. The fourth-order valence-corrected chi connectivity index (χ4v) is 2.34. The number of esters is 5. The summed E-state index contributed by atoms with van der Waals surface area (Å²) in [6, 6.07) is 0. The normalized spacial score (nSPS) is 27.7. The van der Waals surface area contributed by atoms with Gasteiger partial charge in [0.15, 0.2) is 18.3 Å². The molecule has 1 aliphatic rings. The molecule has 1 unspecified atom stereocenters. The van der Waals surface area contributed by atoms with Gasteiger partial charge in [0.2, 0.25) is 12.4 Å². The van der Waals surface area contributed by atoms with Gasteiger partial charge in [-0.2, -0.15) is 0 Å². The van der Waals surface area contributed by atoms with Crippen LogP contribution in [-0.2, 0) is 52.4 Å². The first-order chi connectivity index (χ1) is 12.1. The Morgan fingerprint density at radius 2 is 1.08 bits per heavy atom. The number of hydrogen-bond donors (Lipinski definition) is 0. The highest BCUT2D eigenvalue weighted by Gasteiger charge is 2.56. The van der Waals surface area contributed by atoms with Crippen LogP contribution in [-0.4, -0.2) is 67.7 Å². The lowest BCUT2D eigenvalue weighted by atomic mass is 9.97. The first-order valence-corrected chi connectivity index (χ1v) is 7.49. The van der Waals surface area contributed by atoms with Gasteiger partial charge < -0.3 is 28.4 Å². The van der Waals surface area contributed by atoms with Crippen LogP contribution in [0.15, 0.2) is 0 Å². The fraction of sp³-hybridized carbons (Fsp3) is 0.667. The van der Waals surface area contributed by atoms with E-state index in [1.807, 2.05) is 0 Å². The van der Waals surface area contributed by atoms with Gasteiger partial charge in [-0.05, 0) is 0 Å². The number of carbonyl (C=O) groups is 5. The molecule has 26 heavy (non-hydrogen) atoms. The van der Waals surface area contributed by atoms with E-state index in [0.29, 0.717) is 0 Å². The summed E-state index contributed by atoms with van der Waals surface area (Å²) in [6.45, 7) is 4.22. The monoisotopic (exact) mass is 376 g/mol. The Balaban J connectivity index is 3.37. The highest BCUT2D eigenvalue weighted by Crippen LogP contribution is 2.30. The van der Waals surface area contributed by atoms with Crippen LogP contribution in [0.4, 0.5) is 0 Å². The molecule has 5 atom stereocenters. The zero-order valence-corrected chi connectivity index (χ0v) is 14.9. The van der Waals surface area contributed by atoms with Crippen LogP contribution in [0.2, 0.25) is 0 Å². The molecule has 0 amide bonds. The molecule has 1 rings (SSSR count). The molecular weight excluding hydrogens is 356 g/mol. The first kappa shape index (κ1) is 21.4. The van der Waals surface area contributed by atoms with Crippen LogP contribution in [0, 0.1) is 0 Å². The maximum atomic E-state index is 12.0. The van der Waals surface area contributed by atoms with Crippen molar-refractivity contribution in [3.63, 3.8) is 0 Å². The minimum absolute atomic E-state index is 0.814. The molecule has 1 heterocycles. The minimum Gasteiger partial charge on any atom is -0.467 e. The first-order valence-electron chi connectivity index (χ1n) is 7.49. The van der Waals surface area contributed by atoms with Gasteiger partial charge in [0, 0.05) is 27.7 Å². The fourth-order valence-electron chi connectivity index (χ4n) is 2.34. The molecule has 0 spiro atoms. The van der Waals surface area contributed by atoms with E-state index in [4.69, 9.17) is 23.7 Å². The zero-order valence-electron chi connectivity index (χ0n) is 14.9. The highest BCUT2D eigenvalue weighted by molar-refractivity contribution is 5.77. The Bertz CT molecular complexity index is 584. The van der Waals surface area contributed by atoms with Gasteiger partial charge in [-0.3, -0.25) is 19.2 Å². The Hall–Kier alpha value is -2.69. The predicted molar refractivity (Wildman–Crippen MR) is 79.1 cm³/mol. The van der Waals surface area contributed by atoms with Crippen molar-refractivity contribution in [3.8, 4) is 0 Å². The molecule has 0 N–H and O–H groups in total. The number of rotatable bonds is 5. The standard InChI is InChI=1S/C15H20O11/c1-6(16)22-10-11(23-7(2)17)13(24-8(3)18)15(25-9(4)19)26-12(10)14(20)21-5/h10-13,15H,1-5H3/t10-,11+,12?,13+,15+/m0/s1. The van der Waals surface area contributed by atoms with E-state index in [1.165, 1.54) is 0 Å². The van der Waals surface area contributed by atoms with Gasteiger partial charge in [-0.1, -0.05) is 0 Å². The van der Waals surface area contributed by atoms with Crippen molar-refractivity contribution in [1.82, 2.24) is 0 Å². The summed E-state index contributed by atoms with van der Waals surface area (Å²) in [5.74, 6) is -4.25. The number of ether oxygens (including phenoxy) is 6. The second-order valence-corrected chi connectivity index (χ2v) is 5.28. The topological polar surface area (TPSA) is 141 Å². The number of hydrogen-bond acceptors (Lipinski definition) is 11. The van der Waals surface area contributed by atoms with Crippen LogP contribution in [0.1, 0.15) is 27.7 Å². The van der Waals surface area contributed by atoms with E-state index < -0.39 is 60.6 Å². The van der Waals surface area contributed by atoms with E-state index in [1.54, 1.807) is 0 Å². The molecular formula is C15H20O11. The van der Waals surface area contributed by atoms with Gasteiger partial charge >= 0.3 is 29.8 Å². The molecule has 0 aromatic carbocycles. The van der Waals surface area contributed by atoms with Crippen LogP contribution >= 0.6 is 0 Å². The molecule has 0 bridgehead atoms. The third-order valence-electron chi connectivity index (χ3n) is 3.12. The van der Waals surface area contributed by atoms with Crippen LogP contribution < -0.4 is 0 Å². The van der Waals surface area contributed by atoms with E-state index >= 15 is 0 Å². The maximum Gasteiger partial charge on any atom is 0.339 e. The third-order valence-corrected chi connectivity index (χ3v) is 3.12. The Morgan fingerprint density at radius 1 is 0.654 bits per heavy atom. The SMILES string of the molecule is COC(=O)C1O[C@@H](OC(C)=O)[C@H](OC(C)=O)[C@H](OC(C)=O)[C@@H]1OC(C)=O. The molecule has 0 aromatic heterocycles. The van der Waals surface area contributed by atoms with Gasteiger partial charge in [-0.15, -0.1) is 0 Å². The van der Waals surface area contributed by atoms with Gasteiger partial charge in [0.1, 0.15) is 0 Å². The van der Waals surface area contributed by atoms with E-state index in [2.05, 4.69) is 4.74 Å². The van der Waals surface area contributed by atoms with Crippen LogP contribution in [0.3, 0.4) is 0 Å². The number of methoxy groups -OCH3 is 1. The second-order valence-electron chi connectivity index (χ2n) is 5.28. The maximum absolute atomic E-state index is 12.0. The zero-order chi connectivity index (χ0) is 20.0. The second kappa shape index (κ2) is 9.13. The van der Waals surface area contributed by atoms with Gasteiger partial charge in [-0.25, -0.2) is 4.79 Å². The summed E-state index contributed by atoms with van der Waals surface area (Å²) in [5, 5.41) is 0. The number of carbonyl (C=O) groups excluding carboxylic acids is 5. The summed E-state index contributed by atoms with van der Waals surface area (Å²) in [6.07, 6.45) is -7.66. The van der Waals surface area contributed by atoms with E-state index in [-0.39, 0.29) is 0 Å². The average molecular weight is 376 g/mol. The van der Waals surface area contributed by atoms with Crippen molar-refractivity contribution in [1.29, 1.82) is 0 Å². The van der Waals surface area contributed by atoms with Crippen molar-refractivity contribution in [3.05, 3.63) is 0 Å². The summed E-state index contributed by atoms with van der Waals surface area (Å²) in [5.41, 5.74) is 0. The molecule has 0 saturated carbocycles. The van der Waals surface area contributed by atoms with Gasteiger partial charge in [0.25, 0.3) is 0 Å². The molecule has 11 nitrogen and oxygen atoms in total. The van der Waals surface area contributed by atoms with Crippen molar-refractivity contribution >= 4 is 29.8 Å². The Morgan fingerprint density at radius 3 is 1.50 bits per heavy atom. The summed E-state index contributed by atoms with van der Waals surface area (Å²) >= 11 is 0. The molecule has 0 radical (unpaired) electrons. The van der Waals surface area contributed by atoms with Crippen LogP contribution in [0.5, 0.6) is 0 Å². The predicted octanol–water partition coefficient (Wildman–Crippen LogP) is -0.757. The van der Waals surface area contributed by atoms with E-state index in [9.17, 15) is 24.0 Å². The molecule has 146 valence electrons. The average Bonchev–Trinajstić information content (AvgIpc) is 2.50. The Kier molecular flexibility index (Phi) is 7.50. The lowest BCUT2D eigenvalue weighted by molar-refractivity contribution is -0.294. The summed E-state index contributed by atoms with van der Waals surface area (Å²) in [7, 11) is 1.05. The molecule has 0 aliphatic carbocycles. The quantitative estimate of drug-likeness (QED) is 0.441. The largest absolute Gasteiger partial charge is 0.467 e. The third kappa shape index (κ3) is 5.69. The van der Waals surface area contributed by atoms with Crippen molar-refractivity contribution in [2.24, 2.45) is 0 Å². The smallest absolute Gasteiger partial charge is 0.339 e. The molecule has 1 fully saturated rings. The molecule has 1 saturated heterocycles. The van der Waals surface area contributed by atoms with E-state index in [0.717, 1.165) is 34.8 Å². The van der Waals surface area contributed by atoms with Crippen molar-refractivity contribution in [2.75, 3.05) is 7.11 Å². The highest BCUT2D eigenvalue weighted by atomic mass is 16.7. The lowest BCUT2D eigenvalue weighted by Gasteiger charge is -2.42. The Labute approximate surface area is 148 Å². The molecule has 0 aromatic rings.